The van der Waals surface area contributed by atoms with Gasteiger partial charge in [0.25, 0.3) is 0 Å². The Balaban J connectivity index is 2.19. The summed E-state index contributed by atoms with van der Waals surface area (Å²) in [5.41, 5.74) is 0. The molecule has 1 aliphatic carbocycles. The number of rotatable bonds is 7. The molecule has 0 saturated heterocycles. The maximum absolute atomic E-state index is 11.4. The first-order valence-electron chi connectivity index (χ1n) is 5.73. The zero-order valence-corrected chi connectivity index (χ0v) is 9.82. The van der Waals surface area contributed by atoms with Crippen LogP contribution >= 0.6 is 0 Å². The molecule has 92 valence electrons. The molecule has 0 aromatic heterocycles. The van der Waals surface area contributed by atoms with Gasteiger partial charge in [0.2, 0.25) is 5.91 Å². The second-order valence-electron chi connectivity index (χ2n) is 4.65. The first kappa shape index (κ1) is 13.0. The Labute approximate surface area is 95.6 Å². The quantitative estimate of drug-likeness (QED) is 0.582. The van der Waals surface area contributed by atoms with Gasteiger partial charge in [-0.1, -0.05) is 13.8 Å². The average Bonchev–Trinajstić information content (AvgIpc) is 2.97. The highest BCUT2D eigenvalue weighted by Crippen LogP contribution is 2.17. The molecule has 0 aliphatic heterocycles. The number of amides is 1. The second-order valence-corrected chi connectivity index (χ2v) is 4.65. The van der Waals surface area contributed by atoms with Crippen LogP contribution in [0.1, 0.15) is 26.7 Å². The lowest BCUT2D eigenvalue weighted by molar-refractivity contribution is -0.143. The molecule has 3 N–H and O–H groups in total. The first-order chi connectivity index (χ1) is 7.50. The number of carboxylic acids is 1. The third-order valence-electron chi connectivity index (χ3n) is 2.77. The molecule has 1 saturated carbocycles. The lowest BCUT2D eigenvalue weighted by Crippen LogP contribution is -2.40. The van der Waals surface area contributed by atoms with E-state index in [1.807, 2.05) is 13.8 Å². The summed E-state index contributed by atoms with van der Waals surface area (Å²) in [6.07, 6.45) is 2.27. The highest BCUT2D eigenvalue weighted by molar-refractivity contribution is 5.79. The normalized spacial score (nSPS) is 17.2. The van der Waals surface area contributed by atoms with Crippen LogP contribution in [0.3, 0.4) is 0 Å². The number of hydrogen-bond donors (Lipinski definition) is 3. The van der Waals surface area contributed by atoms with Crippen LogP contribution in [0.4, 0.5) is 0 Å². The number of carboxylic acid groups (broad SMARTS) is 1. The Morgan fingerprint density at radius 1 is 1.38 bits per heavy atom. The van der Waals surface area contributed by atoms with Gasteiger partial charge in [-0.3, -0.25) is 9.59 Å². The van der Waals surface area contributed by atoms with Crippen LogP contribution in [0.15, 0.2) is 0 Å². The van der Waals surface area contributed by atoms with E-state index in [1.165, 1.54) is 0 Å². The van der Waals surface area contributed by atoms with E-state index in [0.717, 1.165) is 12.8 Å². The molecule has 1 rings (SSSR count). The first-order valence-corrected chi connectivity index (χ1v) is 5.73. The van der Waals surface area contributed by atoms with E-state index in [2.05, 4.69) is 10.6 Å². The van der Waals surface area contributed by atoms with Crippen molar-refractivity contribution < 1.29 is 14.7 Å². The summed E-state index contributed by atoms with van der Waals surface area (Å²) in [5.74, 6) is -1.47. The molecule has 1 unspecified atom stereocenters. The summed E-state index contributed by atoms with van der Waals surface area (Å²) in [4.78, 5) is 22.2. The number of carbonyl (C=O) groups is 2. The van der Waals surface area contributed by atoms with Crippen molar-refractivity contribution in [2.24, 2.45) is 11.8 Å². The number of hydrogen-bond acceptors (Lipinski definition) is 3. The van der Waals surface area contributed by atoms with Crippen LogP contribution < -0.4 is 10.6 Å². The molecule has 0 radical (unpaired) electrons. The summed E-state index contributed by atoms with van der Waals surface area (Å²) in [6.45, 7) is 4.17. The van der Waals surface area contributed by atoms with Crippen LogP contribution in [-0.2, 0) is 9.59 Å². The third-order valence-corrected chi connectivity index (χ3v) is 2.77. The Kier molecular flexibility index (Phi) is 4.73. The van der Waals surface area contributed by atoms with Crippen molar-refractivity contribution in [2.75, 3.05) is 13.1 Å². The van der Waals surface area contributed by atoms with E-state index in [0.29, 0.717) is 6.04 Å². The summed E-state index contributed by atoms with van der Waals surface area (Å²) < 4.78 is 0. The fraction of sp³-hybridized carbons (Fsp3) is 0.818. The SMILES string of the molecule is CC(C)C(CNC(=O)CNC1CC1)C(=O)O. The van der Waals surface area contributed by atoms with Gasteiger partial charge < -0.3 is 15.7 Å². The van der Waals surface area contributed by atoms with Crippen molar-refractivity contribution >= 4 is 11.9 Å². The van der Waals surface area contributed by atoms with Gasteiger partial charge in [-0.05, 0) is 18.8 Å². The number of aliphatic carboxylic acids is 1. The molecule has 1 aliphatic rings. The van der Waals surface area contributed by atoms with Gasteiger partial charge in [0.05, 0.1) is 12.5 Å². The maximum Gasteiger partial charge on any atom is 0.308 e. The molecule has 1 fully saturated rings. The molecule has 5 nitrogen and oxygen atoms in total. The zero-order valence-electron chi connectivity index (χ0n) is 9.82. The van der Waals surface area contributed by atoms with Crippen molar-refractivity contribution in [3.63, 3.8) is 0 Å². The summed E-state index contributed by atoms with van der Waals surface area (Å²) in [5, 5.41) is 14.6. The van der Waals surface area contributed by atoms with Crippen molar-refractivity contribution in [1.29, 1.82) is 0 Å². The Morgan fingerprint density at radius 3 is 2.44 bits per heavy atom. The molecule has 0 bridgehead atoms. The van der Waals surface area contributed by atoms with E-state index in [1.54, 1.807) is 0 Å². The minimum atomic E-state index is -0.856. The van der Waals surface area contributed by atoms with Crippen LogP contribution in [0.25, 0.3) is 0 Å². The molecule has 0 aromatic carbocycles. The third kappa shape index (κ3) is 4.61. The standard InChI is InChI=1S/C11H20N2O3/c1-7(2)9(11(15)16)5-13-10(14)6-12-8-3-4-8/h7-9,12H,3-6H2,1-2H3,(H,13,14)(H,15,16). The molecule has 16 heavy (non-hydrogen) atoms. The lowest BCUT2D eigenvalue weighted by atomic mass is 9.96. The maximum atomic E-state index is 11.4. The molecule has 0 spiro atoms. The monoisotopic (exact) mass is 228 g/mol. The fourth-order valence-electron chi connectivity index (χ4n) is 1.42. The van der Waals surface area contributed by atoms with Crippen molar-refractivity contribution in [2.45, 2.75) is 32.7 Å². The van der Waals surface area contributed by atoms with Crippen LogP contribution in [-0.4, -0.2) is 36.1 Å². The highest BCUT2D eigenvalue weighted by atomic mass is 16.4. The molecular formula is C11H20N2O3. The van der Waals surface area contributed by atoms with Crippen LogP contribution in [0.5, 0.6) is 0 Å². The predicted octanol–water partition coefficient (Wildman–Crippen LogP) is 0.211. The van der Waals surface area contributed by atoms with E-state index < -0.39 is 11.9 Å². The number of carbonyl (C=O) groups excluding carboxylic acids is 1. The number of nitrogens with one attached hydrogen (secondary N) is 2. The van der Waals surface area contributed by atoms with Gasteiger partial charge >= 0.3 is 5.97 Å². The molecule has 5 heteroatoms. The summed E-state index contributed by atoms with van der Waals surface area (Å²) in [6, 6.07) is 0.492. The van der Waals surface area contributed by atoms with Gasteiger partial charge in [-0.25, -0.2) is 0 Å². The molecule has 0 heterocycles. The highest BCUT2D eigenvalue weighted by Gasteiger charge is 2.23. The molecular weight excluding hydrogens is 208 g/mol. The van der Waals surface area contributed by atoms with Crippen molar-refractivity contribution in [1.82, 2.24) is 10.6 Å². The van der Waals surface area contributed by atoms with Crippen molar-refractivity contribution in [3.05, 3.63) is 0 Å². The van der Waals surface area contributed by atoms with Gasteiger partial charge in [0, 0.05) is 12.6 Å². The predicted molar refractivity (Wildman–Crippen MR) is 60.0 cm³/mol. The van der Waals surface area contributed by atoms with Gasteiger partial charge in [0.15, 0.2) is 0 Å². The zero-order chi connectivity index (χ0) is 12.1. The van der Waals surface area contributed by atoms with Gasteiger partial charge in [0.1, 0.15) is 0 Å². The lowest BCUT2D eigenvalue weighted by Gasteiger charge is -2.16. The average molecular weight is 228 g/mol. The van der Waals surface area contributed by atoms with Crippen molar-refractivity contribution in [3.8, 4) is 0 Å². The van der Waals surface area contributed by atoms with Crippen LogP contribution in [0.2, 0.25) is 0 Å². The summed E-state index contributed by atoms with van der Waals surface area (Å²) >= 11 is 0. The van der Waals surface area contributed by atoms with Gasteiger partial charge in [-0.2, -0.15) is 0 Å². The van der Waals surface area contributed by atoms with E-state index in [-0.39, 0.29) is 24.9 Å². The smallest absolute Gasteiger partial charge is 0.308 e. The molecule has 1 amide bonds. The van der Waals surface area contributed by atoms with E-state index >= 15 is 0 Å². The summed E-state index contributed by atoms with van der Waals surface area (Å²) in [7, 11) is 0. The van der Waals surface area contributed by atoms with E-state index in [4.69, 9.17) is 5.11 Å². The molecule has 1 atom stereocenters. The largest absolute Gasteiger partial charge is 0.481 e. The minimum Gasteiger partial charge on any atom is -0.481 e. The minimum absolute atomic E-state index is 0.0224. The molecule has 0 aromatic rings. The van der Waals surface area contributed by atoms with E-state index in [9.17, 15) is 9.59 Å². The topological polar surface area (TPSA) is 78.4 Å². The second kappa shape index (κ2) is 5.84. The Hall–Kier alpha value is -1.10. The Morgan fingerprint density at radius 2 is 2.00 bits per heavy atom. The van der Waals surface area contributed by atoms with Crippen LogP contribution in [0, 0.1) is 11.8 Å². The Bertz CT molecular complexity index is 262. The van der Waals surface area contributed by atoms with Gasteiger partial charge in [-0.15, -0.1) is 0 Å². The fourth-order valence-corrected chi connectivity index (χ4v) is 1.42.